The molecule has 4 aromatic rings. The van der Waals surface area contributed by atoms with Crippen LogP contribution in [0, 0.1) is 0 Å². The predicted octanol–water partition coefficient (Wildman–Crippen LogP) is 6.90. The topological polar surface area (TPSA) is 194 Å². The summed E-state index contributed by atoms with van der Waals surface area (Å²) in [5.74, 6) is -1.12. The number of carbonyl (C=O) groups is 2. The predicted molar refractivity (Wildman–Crippen MR) is 219 cm³/mol. The number of rotatable bonds is 8. The van der Waals surface area contributed by atoms with Crippen LogP contribution in [0.1, 0.15) is 67.3 Å². The molecule has 6 rings (SSSR count). The number of pyridine rings is 1. The third-order valence-corrected chi connectivity index (χ3v) is 9.03. The fourth-order valence-corrected chi connectivity index (χ4v) is 5.99. The fourth-order valence-electron chi connectivity index (χ4n) is 5.76. The molecule has 1 aromatic carbocycles. The molecule has 61 heavy (non-hydrogen) atoms. The molecular weight excluding hydrogens is 837 g/mol. The molecule has 2 aliphatic heterocycles. The third-order valence-electron chi connectivity index (χ3n) is 8.72. The lowest BCUT2D eigenvalue weighted by atomic mass is 10.0. The molecule has 0 radical (unpaired) electrons. The summed E-state index contributed by atoms with van der Waals surface area (Å²) in [5.41, 5.74) is -1.02. The first-order valence-corrected chi connectivity index (χ1v) is 18.8. The fraction of sp³-hybridized carbons (Fsp3) is 0.400. The Morgan fingerprint density at radius 1 is 1.18 bits per heavy atom. The smallest absolute Gasteiger partial charge is 0.416 e. The maximum absolute atomic E-state index is 15.5. The number of allylic oxidation sites excluding steroid dienone is 2. The van der Waals surface area contributed by atoms with Crippen molar-refractivity contribution >= 4 is 40.5 Å². The van der Waals surface area contributed by atoms with Crippen LogP contribution in [0.25, 0.3) is 11.4 Å². The van der Waals surface area contributed by atoms with E-state index in [-0.39, 0.29) is 59.0 Å². The minimum atomic E-state index is -4.64. The average Bonchev–Trinajstić information content (AvgIpc) is 3.72. The Balaban J connectivity index is 0.00000106. The van der Waals surface area contributed by atoms with E-state index in [4.69, 9.17) is 31.3 Å². The Labute approximate surface area is 353 Å². The summed E-state index contributed by atoms with van der Waals surface area (Å²) < 4.78 is 78.3. The number of hydrogen-bond donors (Lipinski definition) is 4. The minimum Gasteiger partial charge on any atom is -0.513 e. The van der Waals surface area contributed by atoms with E-state index in [2.05, 4.69) is 33.5 Å². The van der Waals surface area contributed by atoms with Crippen molar-refractivity contribution in [2.45, 2.75) is 64.7 Å². The monoisotopic (exact) mass is 885 g/mol. The van der Waals surface area contributed by atoms with Gasteiger partial charge in [-0.3, -0.25) is 18.8 Å². The maximum Gasteiger partial charge on any atom is 0.416 e. The van der Waals surface area contributed by atoms with Gasteiger partial charge in [-0.15, -0.1) is 18.3 Å². The van der Waals surface area contributed by atoms with Crippen molar-refractivity contribution in [1.29, 1.82) is 0 Å². The van der Waals surface area contributed by atoms with E-state index < -0.39 is 54.0 Å². The lowest BCUT2D eigenvalue weighted by molar-refractivity contribution is -0.137. The summed E-state index contributed by atoms with van der Waals surface area (Å²) in [4.78, 5) is 49.2. The van der Waals surface area contributed by atoms with Gasteiger partial charge in [-0.2, -0.15) is 22.7 Å². The van der Waals surface area contributed by atoms with Gasteiger partial charge in [-0.25, -0.2) is 9.37 Å². The number of ether oxygens (including phenoxy) is 2. The van der Waals surface area contributed by atoms with Crippen LogP contribution in [0.15, 0.2) is 78.5 Å². The highest BCUT2D eigenvalue weighted by molar-refractivity contribution is 6.33. The van der Waals surface area contributed by atoms with Crippen molar-refractivity contribution in [1.82, 2.24) is 29.0 Å². The minimum absolute atomic E-state index is 0.0357. The lowest BCUT2D eigenvalue weighted by Crippen LogP contribution is -2.48. The quantitative estimate of drug-likeness (QED) is 0.0817. The summed E-state index contributed by atoms with van der Waals surface area (Å²) in [6.07, 6.45) is -3.03. The van der Waals surface area contributed by atoms with Crippen LogP contribution < -0.4 is 10.9 Å². The molecule has 15 nitrogen and oxygen atoms in total. The second kappa shape index (κ2) is 24.5. The number of aliphatic hydroxyl groups excluding tert-OH is 2. The second-order valence-electron chi connectivity index (χ2n) is 12.6. The standard InChI is InChI=1S/C32H30ClF4N7O6.C4H8O.C2H4.CH3F.CH4O/c1-17(50-25-6-10-42(15-21(25)34)30(48)28-24(45)3-2-9-38-28)23-14-27(47)44-31(40-29(41-44)18-7-11-49-12-8-18)43(23)16-26(46)39-22-5-4-19(13-20(22)33)32(35,36)37;1-3-4(2)5;3*1-2/h2-5,7,9,13-14,17,21,25,45H,6,8,10-12,15-16H2,1H3,(H,39,46);3,5H,1-2H3;1-2H2;1H3;2H,1H3/b;4-3+;;;/t17-,21?,25?;;;;/m1..../s1. The first-order valence-electron chi connectivity index (χ1n) is 18.4. The molecule has 334 valence electrons. The molecule has 2 unspecified atom stereocenters. The Morgan fingerprint density at radius 2 is 1.85 bits per heavy atom. The summed E-state index contributed by atoms with van der Waals surface area (Å²) in [7, 11) is 1.50. The maximum atomic E-state index is 15.5. The summed E-state index contributed by atoms with van der Waals surface area (Å²) >= 11 is 6.06. The van der Waals surface area contributed by atoms with E-state index >= 15 is 4.39 Å². The number of carbonyl (C=O) groups excluding carboxylic acids is 2. The van der Waals surface area contributed by atoms with Gasteiger partial charge in [0.15, 0.2) is 11.5 Å². The van der Waals surface area contributed by atoms with Gasteiger partial charge in [0.25, 0.3) is 11.5 Å². The molecule has 0 spiro atoms. The van der Waals surface area contributed by atoms with Crippen molar-refractivity contribution in [3.8, 4) is 5.75 Å². The SMILES string of the molecule is C/C=C(\C)O.C=C.CF.CO.C[C@@H](OC1CCN(C(=O)c2ncccc2O)CC1F)c1cc(=O)n2nc(C3=CCOCC3)nc2n1CC(=O)Nc1ccc(C(F)(F)F)cc1Cl. The molecule has 1 saturated heterocycles. The zero-order chi connectivity index (χ0) is 46.0. The molecular formula is C40H49ClF5N7O8. The molecule has 4 N–H and O–H groups in total. The van der Waals surface area contributed by atoms with Crippen molar-refractivity contribution < 1.29 is 56.3 Å². The van der Waals surface area contributed by atoms with Gasteiger partial charge in [-0.05, 0) is 69.5 Å². The van der Waals surface area contributed by atoms with E-state index in [0.717, 1.165) is 29.3 Å². The normalized spacial score (nSPS) is 16.8. The molecule has 2 amide bonds. The van der Waals surface area contributed by atoms with Gasteiger partial charge in [0.2, 0.25) is 11.7 Å². The molecule has 1 fully saturated rings. The van der Waals surface area contributed by atoms with Gasteiger partial charge in [0.1, 0.15) is 18.5 Å². The van der Waals surface area contributed by atoms with Crippen molar-refractivity contribution in [2.75, 3.05) is 45.9 Å². The van der Waals surface area contributed by atoms with Gasteiger partial charge >= 0.3 is 6.18 Å². The number of aromatic hydroxyl groups is 1. The van der Waals surface area contributed by atoms with Gasteiger partial charge in [0.05, 0.1) is 66.9 Å². The first-order chi connectivity index (χ1) is 29.1. The van der Waals surface area contributed by atoms with Gasteiger partial charge in [0, 0.05) is 25.9 Å². The van der Waals surface area contributed by atoms with E-state index in [1.807, 2.05) is 0 Å². The highest BCUT2D eigenvalue weighted by Crippen LogP contribution is 2.34. The number of hydrogen-bond acceptors (Lipinski definition) is 11. The number of aromatic nitrogens is 5. The highest BCUT2D eigenvalue weighted by Gasteiger charge is 2.36. The number of benzene rings is 1. The molecule has 21 heteroatoms. The lowest BCUT2D eigenvalue weighted by Gasteiger charge is -2.36. The molecule has 5 heterocycles. The van der Waals surface area contributed by atoms with Crippen molar-refractivity contribution in [3.63, 3.8) is 0 Å². The van der Waals surface area contributed by atoms with Crippen molar-refractivity contribution in [2.24, 2.45) is 0 Å². The largest absolute Gasteiger partial charge is 0.513 e. The summed E-state index contributed by atoms with van der Waals surface area (Å²) in [6.45, 7) is 10.9. The van der Waals surface area contributed by atoms with Crippen molar-refractivity contribution in [3.05, 3.63) is 112 Å². The highest BCUT2D eigenvalue weighted by atomic mass is 35.5. The van der Waals surface area contributed by atoms with Crippen LogP contribution in [0.4, 0.5) is 27.6 Å². The molecule has 0 bridgehead atoms. The van der Waals surface area contributed by atoms with Crippen LogP contribution in [-0.2, 0) is 27.0 Å². The van der Waals surface area contributed by atoms with E-state index in [1.165, 1.54) is 33.9 Å². The number of amides is 2. The number of fused-ring (bicyclic) bond motifs is 1. The Hall–Kier alpha value is -5.70. The van der Waals surface area contributed by atoms with Crippen LogP contribution in [0.3, 0.4) is 0 Å². The summed E-state index contributed by atoms with van der Waals surface area (Å²) in [5, 5.41) is 31.7. The number of alkyl halides is 5. The number of anilines is 1. The molecule has 0 saturated carbocycles. The number of likely N-dealkylation sites (tertiary alicyclic amines) is 1. The van der Waals surface area contributed by atoms with Crippen LogP contribution in [-0.4, -0.2) is 109 Å². The second-order valence-corrected chi connectivity index (χ2v) is 13.0. The Bertz CT molecular complexity index is 2190. The van der Waals surface area contributed by atoms with Gasteiger partial charge < -0.3 is 39.6 Å². The number of piperidine rings is 1. The zero-order valence-corrected chi connectivity index (χ0v) is 34.9. The Kier molecular flexibility index (Phi) is 20.7. The van der Waals surface area contributed by atoms with E-state index in [9.17, 15) is 37.1 Å². The van der Waals surface area contributed by atoms with E-state index in [1.54, 1.807) is 32.9 Å². The van der Waals surface area contributed by atoms with Crippen LogP contribution in [0.5, 0.6) is 5.75 Å². The molecule has 3 atom stereocenters. The number of halogens is 6. The van der Waals surface area contributed by atoms with E-state index in [0.29, 0.717) is 38.6 Å². The molecule has 3 aromatic heterocycles. The average molecular weight is 886 g/mol. The first kappa shape index (κ1) is 51.4. The number of nitrogens with one attached hydrogen (secondary N) is 1. The molecule has 2 aliphatic rings. The summed E-state index contributed by atoms with van der Waals surface area (Å²) in [6, 6.07) is 6.43. The number of aliphatic hydroxyl groups is 2. The Morgan fingerprint density at radius 3 is 2.41 bits per heavy atom. The van der Waals surface area contributed by atoms with Crippen LogP contribution >= 0.6 is 11.6 Å². The van der Waals surface area contributed by atoms with Gasteiger partial charge in [-0.1, -0.05) is 23.8 Å². The third kappa shape index (κ3) is 13.9. The number of nitrogens with zero attached hydrogens (tertiary/aromatic N) is 6. The zero-order valence-electron chi connectivity index (χ0n) is 34.1. The van der Waals surface area contributed by atoms with Crippen LogP contribution in [0.2, 0.25) is 5.02 Å². The molecule has 0 aliphatic carbocycles.